The standard InChI is InChI=1S/C83H96Cl4N14O23/c1-36(2)22-54(91-7)76(112)99-69-70(108)43-15-19-59(53(87)26-43)121-61-28-44(67(97-77(113)55(32-63(89)107)96-81(69)117)80(116)98-66(78(114)92-8)42-13-17-56(105)48(24-42)65-49(30-46(104)31-57(65)106)68(95-39(5)103)79(115)93-21-20-88)27-60(120-58-18-14-41(37(3)102)25-52(58)86)73(61)124-82-74(72(110)71(109)62(122-82)34-94-101-90)123-64-33-83(6,75(111)38(4)119-64)100-45-10-9-11-47(29-45)118-35-40-12-16-50(84)51(85)23-40/h9-19,23-31,36-38,54-55,62,64,66-72,74-75,82,91,100,102,104-106,108-111H,20-22,32-35,88H2,1-8H3,(H2,89,107)(H,92,114)(H,93,115)(H,95,103)(H,96,117)(H,97,113)(H,98,116)(H,99,112)/t37?,38?,54?,55-,62?,64?,66?,67?,68+,69?,70?,71?,72?,74?,75?,82?,83?/m0/s1. The van der Waals surface area contributed by atoms with Crippen LogP contribution >= 0.6 is 46.4 Å². The SMILES string of the molecule is CNC(=O)C(NC(=O)C1NC(=O)[C@H](CC(N)=O)NC(=O)C(NC(=O)C(CC(C)C)NC)C(O)c2ccc(c(Cl)c2)Oc2cc1cc(Oc1ccc(C(C)O)cc1Cl)c2OC1OC(CN=[N+]=[N-])C(O)C(O)C1OC1CC(C)(Nc2cccc(OCc3ccc(Cl)c(Cl)c3)c2)C(O)C(C)O1)c1ccc(O)c(-c2c(O)cc(O)cc2[C@@H](NC(C)=O)C(=O)NCCN)c1. The molecule has 37 nitrogen and oxygen atoms in total. The van der Waals surface area contributed by atoms with E-state index in [9.17, 15) is 70.4 Å². The fourth-order valence-electron chi connectivity index (χ4n) is 14.3. The van der Waals surface area contributed by atoms with E-state index < -0.39 is 209 Å². The summed E-state index contributed by atoms with van der Waals surface area (Å²) in [5.74, 6) is -13.2. The Labute approximate surface area is 730 Å². The number of benzene rings is 7. The lowest BCUT2D eigenvalue weighted by Gasteiger charge is -2.48. The number of aliphatic hydroxyl groups excluding tert-OH is 5. The molecule has 17 atom stereocenters. The summed E-state index contributed by atoms with van der Waals surface area (Å²) in [7, 11) is 2.64. The summed E-state index contributed by atoms with van der Waals surface area (Å²) >= 11 is 26.7. The molecule has 4 aliphatic heterocycles. The Hall–Kier alpha value is -11.2. The van der Waals surface area contributed by atoms with Gasteiger partial charge in [0.15, 0.2) is 23.9 Å². The Morgan fingerprint density at radius 1 is 0.758 bits per heavy atom. The second kappa shape index (κ2) is 42.0. The van der Waals surface area contributed by atoms with Gasteiger partial charge in [-0.05, 0) is 158 Å². The number of azide groups is 1. The van der Waals surface area contributed by atoms with Crippen LogP contribution in [0, 0.1) is 5.92 Å². The van der Waals surface area contributed by atoms with Gasteiger partial charge in [-0.25, -0.2) is 0 Å². The van der Waals surface area contributed by atoms with E-state index in [4.69, 9.17) is 91.0 Å². The van der Waals surface area contributed by atoms with Crippen molar-refractivity contribution in [1.82, 2.24) is 42.5 Å². The van der Waals surface area contributed by atoms with Crippen LogP contribution in [0.1, 0.15) is 125 Å². The first-order valence-electron chi connectivity index (χ1n) is 39.0. The first-order chi connectivity index (χ1) is 58.8. The van der Waals surface area contributed by atoms with Gasteiger partial charge >= 0.3 is 0 Å². The number of aromatic hydroxyl groups is 3. The van der Waals surface area contributed by atoms with Crippen molar-refractivity contribution in [3.8, 4) is 62.9 Å². The minimum atomic E-state index is -2.34. The molecule has 4 heterocycles. The predicted octanol–water partition coefficient (Wildman–Crippen LogP) is 6.73. The van der Waals surface area contributed by atoms with Gasteiger partial charge in [0.25, 0.3) is 0 Å². The van der Waals surface area contributed by atoms with E-state index in [-0.39, 0.29) is 87.8 Å². The lowest BCUT2D eigenvalue weighted by atomic mass is 9.84. The highest BCUT2D eigenvalue weighted by Crippen LogP contribution is 2.50. The number of nitrogens with two attached hydrogens (primary N) is 2. The minimum absolute atomic E-state index is 0.0655. The number of rotatable bonds is 31. The number of carbonyl (C=O) groups is 8. The highest BCUT2D eigenvalue weighted by Gasteiger charge is 2.52. The van der Waals surface area contributed by atoms with Crippen molar-refractivity contribution in [2.75, 3.05) is 39.0 Å². The Morgan fingerprint density at radius 3 is 2.16 bits per heavy atom. The molecule has 15 unspecified atom stereocenters. The number of hydrogen-bond donors (Lipinski definition) is 19. The molecule has 2 fully saturated rings. The molecule has 4 bridgehead atoms. The number of likely N-dealkylation sites (N-methyl/N-ethyl adjacent to an activating group) is 2. The van der Waals surface area contributed by atoms with Crippen LogP contribution in [0.3, 0.4) is 0 Å². The number of hydrogen-bond acceptors (Lipinski definition) is 27. The van der Waals surface area contributed by atoms with Gasteiger partial charge in [0, 0.05) is 67.3 Å². The summed E-state index contributed by atoms with van der Waals surface area (Å²) in [6.45, 7) is 8.59. The van der Waals surface area contributed by atoms with E-state index in [1.54, 1.807) is 56.3 Å². The largest absolute Gasteiger partial charge is 0.508 e. The molecular formula is C83H96Cl4N14O23. The highest BCUT2D eigenvalue weighted by atomic mass is 35.5. The zero-order chi connectivity index (χ0) is 90.5. The van der Waals surface area contributed by atoms with E-state index >= 15 is 14.4 Å². The quantitative estimate of drug-likeness (QED) is 0.0122. The van der Waals surface area contributed by atoms with Gasteiger partial charge in [0.05, 0.1) is 62.9 Å². The minimum Gasteiger partial charge on any atom is -0.508 e. The molecule has 0 spiro atoms. The number of ether oxygens (including phenoxy) is 7. The number of anilines is 1. The van der Waals surface area contributed by atoms with Crippen LogP contribution in [-0.2, 0) is 59.2 Å². The van der Waals surface area contributed by atoms with Gasteiger partial charge in [-0.3, -0.25) is 38.4 Å². The number of aliphatic hydroxyl groups is 5. The van der Waals surface area contributed by atoms with Crippen LogP contribution in [0.15, 0.2) is 126 Å². The van der Waals surface area contributed by atoms with E-state index in [0.29, 0.717) is 27.0 Å². The van der Waals surface area contributed by atoms with Crippen molar-refractivity contribution in [3.05, 3.63) is 185 Å². The van der Waals surface area contributed by atoms with Crippen molar-refractivity contribution in [1.29, 1.82) is 0 Å². The molecule has 0 aromatic heterocycles. The van der Waals surface area contributed by atoms with Crippen molar-refractivity contribution < 1.29 is 112 Å². The number of amides is 8. The molecule has 21 N–H and O–H groups in total. The number of primary amides is 1. The molecule has 124 heavy (non-hydrogen) atoms. The summed E-state index contributed by atoms with van der Waals surface area (Å²) in [4.78, 5) is 119. The van der Waals surface area contributed by atoms with Crippen molar-refractivity contribution in [2.45, 2.75) is 171 Å². The fraction of sp³-hybridized carbons (Fsp3) is 0.398. The van der Waals surface area contributed by atoms with Gasteiger partial charge in [0.2, 0.25) is 59.3 Å². The molecule has 41 heteroatoms. The molecule has 4 aliphatic rings. The number of phenols is 3. The summed E-state index contributed by atoms with van der Waals surface area (Å²) in [6, 6.07) is 15.4. The van der Waals surface area contributed by atoms with Crippen molar-refractivity contribution >= 4 is 99.3 Å². The zero-order valence-corrected chi connectivity index (χ0v) is 71.0. The Morgan fingerprint density at radius 2 is 1.50 bits per heavy atom. The summed E-state index contributed by atoms with van der Waals surface area (Å²) in [5.41, 5.74) is 19.2. The third-order valence-corrected chi connectivity index (χ3v) is 21.9. The van der Waals surface area contributed by atoms with E-state index in [1.165, 1.54) is 51.4 Å². The maximum atomic E-state index is 16.3. The summed E-state index contributed by atoms with van der Waals surface area (Å²) in [5, 5.41) is 122. The number of halogens is 4. The monoisotopic (exact) mass is 1800 g/mol. The van der Waals surface area contributed by atoms with Gasteiger partial charge in [0.1, 0.15) is 95.7 Å². The van der Waals surface area contributed by atoms with Crippen LogP contribution in [0.5, 0.6) is 51.7 Å². The average Bonchev–Trinajstić information content (AvgIpc) is 0.770. The molecule has 7 aromatic carbocycles. The highest BCUT2D eigenvalue weighted by molar-refractivity contribution is 6.42. The maximum absolute atomic E-state index is 16.3. The van der Waals surface area contributed by atoms with Gasteiger partial charge in [-0.1, -0.05) is 95.7 Å². The van der Waals surface area contributed by atoms with Gasteiger partial charge in [-0.15, -0.1) is 0 Å². The average molecular weight is 1800 g/mol. The molecule has 0 aliphatic carbocycles. The van der Waals surface area contributed by atoms with Crippen LogP contribution in [-0.4, -0.2) is 195 Å². The number of carbonyl (C=O) groups excluding carboxylic acids is 8. The molecule has 8 amide bonds. The molecule has 0 radical (unpaired) electrons. The predicted molar refractivity (Wildman–Crippen MR) is 451 cm³/mol. The van der Waals surface area contributed by atoms with Crippen LogP contribution in [0.4, 0.5) is 5.69 Å². The number of fused-ring (bicyclic) bond motifs is 9. The Bertz CT molecular complexity index is 5170. The topological polar surface area (TPSA) is 572 Å². The Balaban J connectivity index is 1.17. The molecule has 0 saturated carbocycles. The van der Waals surface area contributed by atoms with Crippen molar-refractivity contribution in [3.63, 3.8) is 0 Å². The van der Waals surface area contributed by atoms with Gasteiger partial charge in [-0.2, -0.15) is 0 Å². The molecule has 7 aromatic rings. The molecule has 2 saturated heterocycles. The van der Waals surface area contributed by atoms with Crippen LogP contribution in [0.2, 0.25) is 20.1 Å². The summed E-state index contributed by atoms with van der Waals surface area (Å²) < 4.78 is 46.0. The lowest BCUT2D eigenvalue weighted by Crippen LogP contribution is -2.64. The first kappa shape index (κ1) is 95.0. The van der Waals surface area contributed by atoms with Gasteiger partial charge < -0.3 is 133 Å². The molecule has 664 valence electrons. The number of phenolic OH excluding ortho intramolecular Hbond substituents is 3. The second-order valence-electron chi connectivity index (χ2n) is 30.3. The summed E-state index contributed by atoms with van der Waals surface area (Å²) in [6.07, 6.45) is -18.0. The van der Waals surface area contributed by atoms with Crippen LogP contribution < -0.4 is 78.3 Å². The van der Waals surface area contributed by atoms with E-state index in [1.807, 2.05) is 13.8 Å². The molecular weight excluding hydrogens is 1700 g/mol. The lowest BCUT2D eigenvalue weighted by molar-refractivity contribution is -0.329. The normalized spacial score (nSPS) is 23.0. The fourth-order valence-corrected chi connectivity index (χ4v) is 15.1. The smallest absolute Gasteiger partial charge is 0.248 e. The van der Waals surface area contributed by atoms with E-state index in [0.717, 1.165) is 55.5 Å². The first-order valence-corrected chi connectivity index (χ1v) is 40.5. The van der Waals surface area contributed by atoms with E-state index in [2.05, 4.69) is 57.9 Å². The third-order valence-electron chi connectivity index (χ3n) is 20.5. The number of nitrogens with zero attached hydrogens (tertiary/aromatic N) is 3. The maximum Gasteiger partial charge on any atom is 0.248 e. The third kappa shape index (κ3) is 23.2. The second-order valence-corrected chi connectivity index (χ2v) is 32.0. The van der Waals surface area contributed by atoms with Crippen LogP contribution in [0.25, 0.3) is 21.6 Å². The Kier molecular flexibility index (Phi) is 32.2. The van der Waals surface area contributed by atoms with Crippen molar-refractivity contribution in [2.24, 2.45) is 22.5 Å². The zero-order valence-electron chi connectivity index (χ0n) is 68.0. The molecule has 11 rings (SSSR count). The number of nitrogens with one attached hydrogen (secondary N) is 9.